The van der Waals surface area contributed by atoms with Gasteiger partial charge in [0.2, 0.25) is 0 Å². The average molecular weight is 288 g/mol. The second-order valence-corrected chi connectivity index (χ2v) is 5.06. The molecule has 2 rings (SSSR count). The molecule has 0 radical (unpaired) electrons. The van der Waals surface area contributed by atoms with E-state index in [2.05, 4.69) is 0 Å². The number of ether oxygens (including phenoxy) is 1. The van der Waals surface area contributed by atoms with Crippen LogP contribution in [0.25, 0.3) is 0 Å². The van der Waals surface area contributed by atoms with Gasteiger partial charge in [0.15, 0.2) is 0 Å². The second-order valence-electron chi connectivity index (χ2n) is 4.35. The van der Waals surface area contributed by atoms with Crippen LogP contribution in [0.3, 0.4) is 0 Å². The quantitative estimate of drug-likeness (QED) is 0.783. The van der Waals surface area contributed by atoms with Crippen molar-refractivity contribution in [3.05, 3.63) is 34.3 Å². The molecule has 0 saturated carbocycles. The largest absolute Gasteiger partial charge is 0.377 e. The predicted molar refractivity (Wildman–Crippen MR) is 72.6 cm³/mol. The fourth-order valence-corrected chi connectivity index (χ4v) is 2.38. The molecule has 18 heavy (non-hydrogen) atoms. The molecule has 1 aromatic rings. The number of alkyl halides is 1. The van der Waals surface area contributed by atoms with Gasteiger partial charge in [-0.2, -0.15) is 0 Å². The summed E-state index contributed by atoms with van der Waals surface area (Å²) in [7, 11) is 0. The van der Waals surface area contributed by atoms with Crippen molar-refractivity contribution in [3.8, 4) is 0 Å². The summed E-state index contributed by atoms with van der Waals surface area (Å²) in [6.45, 7) is 3.53. The van der Waals surface area contributed by atoms with Crippen molar-refractivity contribution in [1.82, 2.24) is 4.90 Å². The minimum atomic E-state index is -0.0620. The van der Waals surface area contributed by atoms with Crippen LogP contribution in [0.5, 0.6) is 0 Å². The zero-order chi connectivity index (χ0) is 13.1. The highest BCUT2D eigenvalue weighted by molar-refractivity contribution is 6.31. The van der Waals surface area contributed by atoms with Crippen molar-refractivity contribution >= 4 is 29.1 Å². The Morgan fingerprint density at radius 3 is 3.00 bits per heavy atom. The van der Waals surface area contributed by atoms with Gasteiger partial charge in [-0.3, -0.25) is 4.79 Å². The maximum Gasteiger partial charge on any atom is 0.254 e. The first kappa shape index (κ1) is 13.7. The standard InChI is InChI=1S/C13H15Cl2NO2/c1-9-2-3-10(6-12(9)15)13(17)16-4-5-18-8-11(16)7-14/h2-3,6,11H,4-5,7-8H2,1H3. The Kier molecular flexibility index (Phi) is 4.49. The number of aryl methyl sites for hydroxylation is 1. The van der Waals surface area contributed by atoms with Gasteiger partial charge in [-0.15, -0.1) is 11.6 Å². The molecule has 98 valence electrons. The lowest BCUT2D eigenvalue weighted by Crippen LogP contribution is -2.49. The molecule has 1 saturated heterocycles. The Morgan fingerprint density at radius 2 is 2.33 bits per heavy atom. The van der Waals surface area contributed by atoms with Gasteiger partial charge in [0.05, 0.1) is 19.3 Å². The fraction of sp³-hybridized carbons (Fsp3) is 0.462. The third-order valence-corrected chi connectivity index (χ3v) is 3.85. The summed E-state index contributed by atoms with van der Waals surface area (Å²) in [5.41, 5.74) is 1.56. The number of nitrogens with zero attached hydrogens (tertiary/aromatic N) is 1. The van der Waals surface area contributed by atoms with Crippen molar-refractivity contribution in [3.63, 3.8) is 0 Å². The molecule has 1 heterocycles. The number of amides is 1. The summed E-state index contributed by atoms with van der Waals surface area (Å²) in [6.07, 6.45) is 0. The van der Waals surface area contributed by atoms with E-state index in [1.807, 2.05) is 13.0 Å². The lowest BCUT2D eigenvalue weighted by Gasteiger charge is -2.34. The van der Waals surface area contributed by atoms with Crippen LogP contribution in [0.4, 0.5) is 0 Å². The normalized spacial score (nSPS) is 19.9. The summed E-state index contributed by atoms with van der Waals surface area (Å²) >= 11 is 11.9. The van der Waals surface area contributed by atoms with Crippen molar-refractivity contribution in [2.24, 2.45) is 0 Å². The van der Waals surface area contributed by atoms with Crippen LogP contribution < -0.4 is 0 Å². The number of halogens is 2. The van der Waals surface area contributed by atoms with Crippen molar-refractivity contribution in [2.75, 3.05) is 25.6 Å². The Hall–Kier alpha value is -0.770. The molecule has 3 nitrogen and oxygen atoms in total. The molecule has 1 fully saturated rings. The van der Waals surface area contributed by atoms with Gasteiger partial charge in [0.25, 0.3) is 5.91 Å². The highest BCUT2D eigenvalue weighted by atomic mass is 35.5. The van der Waals surface area contributed by atoms with Crippen molar-refractivity contribution in [2.45, 2.75) is 13.0 Å². The predicted octanol–water partition coefficient (Wildman–Crippen LogP) is 2.73. The molecule has 0 bridgehead atoms. The zero-order valence-corrected chi connectivity index (χ0v) is 11.7. The topological polar surface area (TPSA) is 29.5 Å². The molecule has 0 aliphatic carbocycles. The lowest BCUT2D eigenvalue weighted by molar-refractivity contribution is 0.00456. The van der Waals surface area contributed by atoms with Gasteiger partial charge in [-0.25, -0.2) is 0 Å². The molecule has 1 aliphatic rings. The number of carbonyl (C=O) groups excluding carboxylic acids is 1. The van der Waals surface area contributed by atoms with Gasteiger partial charge in [0.1, 0.15) is 0 Å². The summed E-state index contributed by atoms with van der Waals surface area (Å²) in [5.74, 6) is 0.344. The van der Waals surface area contributed by atoms with E-state index in [1.54, 1.807) is 17.0 Å². The zero-order valence-electron chi connectivity index (χ0n) is 10.2. The van der Waals surface area contributed by atoms with Gasteiger partial charge in [-0.1, -0.05) is 17.7 Å². The van der Waals surface area contributed by atoms with Crippen LogP contribution in [0.15, 0.2) is 18.2 Å². The number of morpholine rings is 1. The first-order valence-corrected chi connectivity index (χ1v) is 6.75. The Bertz CT molecular complexity index is 451. The third kappa shape index (κ3) is 2.79. The first-order chi connectivity index (χ1) is 8.63. The summed E-state index contributed by atoms with van der Waals surface area (Å²) in [5, 5.41) is 0.608. The molecule has 1 aromatic carbocycles. The fourth-order valence-electron chi connectivity index (χ4n) is 1.94. The van der Waals surface area contributed by atoms with Gasteiger partial charge >= 0.3 is 0 Å². The van der Waals surface area contributed by atoms with Crippen LogP contribution >= 0.6 is 23.2 Å². The van der Waals surface area contributed by atoms with Gasteiger partial charge < -0.3 is 9.64 Å². The van der Waals surface area contributed by atoms with Gasteiger partial charge in [-0.05, 0) is 24.6 Å². The number of benzene rings is 1. The molecular formula is C13H15Cl2NO2. The van der Waals surface area contributed by atoms with Crippen LogP contribution in [0.1, 0.15) is 15.9 Å². The molecular weight excluding hydrogens is 273 g/mol. The maximum atomic E-state index is 12.4. The van der Waals surface area contributed by atoms with Crippen LogP contribution in [-0.2, 0) is 4.74 Å². The number of rotatable bonds is 2. The van der Waals surface area contributed by atoms with E-state index < -0.39 is 0 Å². The molecule has 5 heteroatoms. The minimum absolute atomic E-state index is 0.0362. The molecule has 0 spiro atoms. The van der Waals surface area contributed by atoms with Gasteiger partial charge in [0, 0.05) is 23.0 Å². The van der Waals surface area contributed by atoms with E-state index in [0.29, 0.717) is 36.2 Å². The van der Waals surface area contributed by atoms with E-state index >= 15 is 0 Å². The molecule has 0 N–H and O–H groups in total. The van der Waals surface area contributed by atoms with E-state index in [4.69, 9.17) is 27.9 Å². The highest BCUT2D eigenvalue weighted by Gasteiger charge is 2.27. The van der Waals surface area contributed by atoms with Crippen molar-refractivity contribution in [1.29, 1.82) is 0 Å². The minimum Gasteiger partial charge on any atom is -0.377 e. The number of hydrogen-bond donors (Lipinski definition) is 0. The second kappa shape index (κ2) is 5.91. The maximum absolute atomic E-state index is 12.4. The van der Waals surface area contributed by atoms with E-state index in [0.717, 1.165) is 5.56 Å². The monoisotopic (exact) mass is 287 g/mol. The van der Waals surface area contributed by atoms with E-state index in [9.17, 15) is 4.79 Å². The molecule has 1 amide bonds. The van der Waals surface area contributed by atoms with E-state index in [-0.39, 0.29) is 11.9 Å². The molecule has 1 unspecified atom stereocenters. The Balaban J connectivity index is 2.21. The molecule has 1 aliphatic heterocycles. The first-order valence-electron chi connectivity index (χ1n) is 5.84. The molecule has 0 aromatic heterocycles. The number of hydrogen-bond acceptors (Lipinski definition) is 2. The van der Waals surface area contributed by atoms with Crippen LogP contribution in [0, 0.1) is 6.92 Å². The summed E-state index contributed by atoms with van der Waals surface area (Å²) in [4.78, 5) is 14.1. The van der Waals surface area contributed by atoms with Crippen LogP contribution in [-0.4, -0.2) is 42.5 Å². The SMILES string of the molecule is Cc1ccc(C(=O)N2CCOCC2CCl)cc1Cl. The Morgan fingerprint density at radius 1 is 1.56 bits per heavy atom. The van der Waals surface area contributed by atoms with E-state index in [1.165, 1.54) is 0 Å². The Labute approximate surface area is 117 Å². The number of carbonyl (C=O) groups is 1. The average Bonchev–Trinajstić information content (AvgIpc) is 2.41. The third-order valence-electron chi connectivity index (χ3n) is 3.09. The lowest BCUT2D eigenvalue weighted by atomic mass is 10.1. The summed E-state index contributed by atoms with van der Waals surface area (Å²) in [6, 6.07) is 5.30. The van der Waals surface area contributed by atoms with Crippen LogP contribution in [0.2, 0.25) is 5.02 Å². The smallest absolute Gasteiger partial charge is 0.254 e. The van der Waals surface area contributed by atoms with Crippen molar-refractivity contribution < 1.29 is 9.53 Å². The highest BCUT2D eigenvalue weighted by Crippen LogP contribution is 2.20. The summed E-state index contributed by atoms with van der Waals surface area (Å²) < 4.78 is 5.33. The molecule has 1 atom stereocenters.